The van der Waals surface area contributed by atoms with Crippen molar-refractivity contribution < 1.29 is 0 Å². The molecule has 2 aromatic carbocycles. The standard InChI is InChI=1S/C20H23N3/c1-14-19(10-21)18-8-16-12-23(11-15-6-4-3-5-7-15)13-17(16)9-20(18)22(14)2/h3-9H,10-13,21H2,1-2H3. The predicted molar refractivity (Wildman–Crippen MR) is 94.9 cm³/mol. The fourth-order valence-electron chi connectivity index (χ4n) is 3.82. The van der Waals surface area contributed by atoms with Gasteiger partial charge in [0.05, 0.1) is 0 Å². The van der Waals surface area contributed by atoms with E-state index in [9.17, 15) is 0 Å². The third kappa shape index (κ3) is 2.37. The van der Waals surface area contributed by atoms with Crippen LogP contribution in [0.3, 0.4) is 0 Å². The SMILES string of the molecule is Cc1c(CN)c2cc3c(cc2n1C)CN(Cc1ccccc1)C3. The molecule has 0 saturated carbocycles. The minimum atomic E-state index is 0.607. The van der Waals surface area contributed by atoms with Gasteiger partial charge in [-0.3, -0.25) is 4.90 Å². The van der Waals surface area contributed by atoms with Crippen LogP contribution in [0.25, 0.3) is 10.9 Å². The van der Waals surface area contributed by atoms with E-state index >= 15 is 0 Å². The first-order valence-electron chi connectivity index (χ1n) is 8.23. The van der Waals surface area contributed by atoms with Crippen molar-refractivity contribution in [2.75, 3.05) is 0 Å². The van der Waals surface area contributed by atoms with Gasteiger partial charge in [0.15, 0.2) is 0 Å². The highest BCUT2D eigenvalue weighted by Gasteiger charge is 2.22. The van der Waals surface area contributed by atoms with Gasteiger partial charge in [-0.05, 0) is 41.3 Å². The summed E-state index contributed by atoms with van der Waals surface area (Å²) in [5.41, 5.74) is 14.1. The Balaban J connectivity index is 1.68. The molecule has 0 fully saturated rings. The summed E-state index contributed by atoms with van der Waals surface area (Å²) in [6.07, 6.45) is 0. The summed E-state index contributed by atoms with van der Waals surface area (Å²) in [5.74, 6) is 0. The van der Waals surface area contributed by atoms with Crippen molar-refractivity contribution in [2.45, 2.75) is 33.1 Å². The molecule has 0 aliphatic carbocycles. The van der Waals surface area contributed by atoms with Crippen molar-refractivity contribution in [3.8, 4) is 0 Å². The molecule has 3 heteroatoms. The van der Waals surface area contributed by atoms with E-state index in [1.165, 1.54) is 38.9 Å². The molecule has 2 heterocycles. The Kier molecular flexibility index (Phi) is 3.47. The third-order valence-electron chi connectivity index (χ3n) is 5.19. The molecule has 0 saturated heterocycles. The molecule has 1 aromatic heterocycles. The summed E-state index contributed by atoms with van der Waals surface area (Å²) < 4.78 is 2.28. The minimum Gasteiger partial charge on any atom is -0.348 e. The van der Waals surface area contributed by atoms with E-state index in [0.29, 0.717) is 6.54 Å². The second kappa shape index (κ2) is 5.52. The molecular weight excluding hydrogens is 282 g/mol. The molecular formula is C20H23N3. The molecule has 0 radical (unpaired) electrons. The highest BCUT2D eigenvalue weighted by Crippen LogP contribution is 2.32. The van der Waals surface area contributed by atoms with Crippen molar-refractivity contribution >= 4 is 10.9 Å². The second-order valence-corrected chi connectivity index (χ2v) is 6.60. The molecule has 0 spiro atoms. The second-order valence-electron chi connectivity index (χ2n) is 6.60. The normalized spacial score (nSPS) is 14.6. The van der Waals surface area contributed by atoms with Gasteiger partial charge in [-0.2, -0.15) is 0 Å². The van der Waals surface area contributed by atoms with Gasteiger partial charge in [0.1, 0.15) is 0 Å². The summed E-state index contributed by atoms with van der Waals surface area (Å²) >= 11 is 0. The van der Waals surface area contributed by atoms with Crippen molar-refractivity contribution in [3.63, 3.8) is 0 Å². The zero-order chi connectivity index (χ0) is 16.0. The zero-order valence-corrected chi connectivity index (χ0v) is 13.8. The number of benzene rings is 2. The van der Waals surface area contributed by atoms with Crippen LogP contribution in [-0.4, -0.2) is 9.47 Å². The maximum absolute atomic E-state index is 5.98. The molecule has 2 N–H and O–H groups in total. The molecule has 0 bridgehead atoms. The molecule has 4 rings (SSSR count). The predicted octanol–water partition coefficient (Wildman–Crippen LogP) is 3.46. The van der Waals surface area contributed by atoms with E-state index in [1.807, 2.05) is 0 Å². The highest BCUT2D eigenvalue weighted by molar-refractivity contribution is 5.87. The first-order chi connectivity index (χ1) is 11.2. The van der Waals surface area contributed by atoms with Gasteiger partial charge in [0, 0.05) is 49.8 Å². The Bertz CT molecular complexity index is 862. The minimum absolute atomic E-state index is 0.607. The van der Waals surface area contributed by atoms with Crippen molar-refractivity contribution in [1.29, 1.82) is 0 Å². The molecule has 1 aliphatic rings. The molecule has 23 heavy (non-hydrogen) atoms. The topological polar surface area (TPSA) is 34.2 Å². The first-order valence-corrected chi connectivity index (χ1v) is 8.23. The Hall–Kier alpha value is -2.10. The fourth-order valence-corrected chi connectivity index (χ4v) is 3.82. The van der Waals surface area contributed by atoms with Crippen LogP contribution >= 0.6 is 0 Å². The number of hydrogen-bond donors (Lipinski definition) is 1. The molecule has 0 unspecified atom stereocenters. The first kappa shape index (κ1) is 14.5. The van der Waals surface area contributed by atoms with Crippen LogP contribution in [0, 0.1) is 6.92 Å². The maximum Gasteiger partial charge on any atom is 0.0486 e. The van der Waals surface area contributed by atoms with E-state index in [1.54, 1.807) is 0 Å². The van der Waals surface area contributed by atoms with Crippen LogP contribution < -0.4 is 5.73 Å². The van der Waals surface area contributed by atoms with Crippen molar-refractivity contribution in [3.05, 3.63) is 70.4 Å². The maximum atomic E-state index is 5.98. The summed E-state index contributed by atoms with van der Waals surface area (Å²) in [6, 6.07) is 15.4. The number of aryl methyl sites for hydroxylation is 1. The van der Waals surface area contributed by atoms with E-state index in [0.717, 1.165) is 19.6 Å². The molecule has 1 aliphatic heterocycles. The van der Waals surface area contributed by atoms with Crippen LogP contribution in [-0.2, 0) is 33.2 Å². The number of fused-ring (bicyclic) bond motifs is 2. The third-order valence-corrected chi connectivity index (χ3v) is 5.19. The Morgan fingerprint density at radius 1 is 1.04 bits per heavy atom. The van der Waals surface area contributed by atoms with Gasteiger partial charge in [-0.25, -0.2) is 0 Å². The van der Waals surface area contributed by atoms with E-state index in [-0.39, 0.29) is 0 Å². The lowest BCUT2D eigenvalue weighted by Crippen LogP contribution is -2.15. The Morgan fingerprint density at radius 3 is 2.43 bits per heavy atom. The summed E-state index contributed by atoms with van der Waals surface area (Å²) in [5, 5.41) is 1.33. The average Bonchev–Trinajstić information content (AvgIpc) is 3.05. The van der Waals surface area contributed by atoms with E-state index in [4.69, 9.17) is 5.73 Å². The van der Waals surface area contributed by atoms with Gasteiger partial charge in [0.2, 0.25) is 0 Å². The molecule has 3 nitrogen and oxygen atoms in total. The summed E-state index contributed by atoms with van der Waals surface area (Å²) in [6.45, 7) is 5.83. The lowest BCUT2D eigenvalue weighted by Gasteiger charge is -2.14. The van der Waals surface area contributed by atoms with Gasteiger partial charge in [0.25, 0.3) is 0 Å². The van der Waals surface area contributed by atoms with Crippen LogP contribution in [0.1, 0.15) is 27.9 Å². The number of rotatable bonds is 3. The van der Waals surface area contributed by atoms with Crippen LogP contribution in [0.5, 0.6) is 0 Å². The molecule has 0 amide bonds. The van der Waals surface area contributed by atoms with Crippen molar-refractivity contribution in [1.82, 2.24) is 9.47 Å². The van der Waals surface area contributed by atoms with Crippen molar-refractivity contribution in [2.24, 2.45) is 12.8 Å². The number of nitrogens with two attached hydrogens (primary N) is 1. The van der Waals surface area contributed by atoms with Gasteiger partial charge in [-0.1, -0.05) is 30.3 Å². The summed E-state index contributed by atoms with van der Waals surface area (Å²) in [7, 11) is 2.14. The largest absolute Gasteiger partial charge is 0.348 e. The smallest absolute Gasteiger partial charge is 0.0486 e. The van der Waals surface area contributed by atoms with E-state index in [2.05, 4.69) is 65.9 Å². The molecule has 0 atom stereocenters. The average molecular weight is 305 g/mol. The number of nitrogens with zero attached hydrogens (tertiary/aromatic N) is 2. The molecule has 3 aromatic rings. The number of aromatic nitrogens is 1. The highest BCUT2D eigenvalue weighted by atomic mass is 15.1. The molecule has 118 valence electrons. The van der Waals surface area contributed by atoms with Gasteiger partial charge < -0.3 is 10.3 Å². The lowest BCUT2D eigenvalue weighted by atomic mass is 10.0. The lowest BCUT2D eigenvalue weighted by molar-refractivity contribution is 0.275. The van der Waals surface area contributed by atoms with E-state index < -0.39 is 0 Å². The van der Waals surface area contributed by atoms with Crippen LogP contribution in [0.4, 0.5) is 0 Å². The summed E-state index contributed by atoms with van der Waals surface area (Å²) in [4.78, 5) is 2.51. The number of hydrogen-bond acceptors (Lipinski definition) is 2. The quantitative estimate of drug-likeness (QED) is 0.804. The van der Waals surface area contributed by atoms with Crippen LogP contribution in [0.2, 0.25) is 0 Å². The van der Waals surface area contributed by atoms with Gasteiger partial charge >= 0.3 is 0 Å². The Morgan fingerprint density at radius 2 is 1.74 bits per heavy atom. The zero-order valence-electron chi connectivity index (χ0n) is 13.8. The fraction of sp³-hybridized carbons (Fsp3) is 0.300. The monoisotopic (exact) mass is 305 g/mol. The Labute approximate surface area is 137 Å². The van der Waals surface area contributed by atoms with Gasteiger partial charge in [-0.15, -0.1) is 0 Å². The van der Waals surface area contributed by atoms with Crippen LogP contribution in [0.15, 0.2) is 42.5 Å².